The molecule has 0 aromatic carbocycles. The van der Waals surface area contributed by atoms with E-state index >= 15 is 0 Å². The second-order valence-corrected chi connectivity index (χ2v) is 5.95. The van der Waals surface area contributed by atoms with E-state index in [-0.39, 0.29) is 0 Å². The molecule has 0 aliphatic rings. The second-order valence-electron chi connectivity index (χ2n) is 3.96. The predicted octanol–water partition coefficient (Wildman–Crippen LogP) is 0.938. The van der Waals surface area contributed by atoms with E-state index in [0.717, 1.165) is 18.5 Å². The van der Waals surface area contributed by atoms with Crippen LogP contribution in [0.3, 0.4) is 0 Å². The van der Waals surface area contributed by atoms with Crippen LogP contribution in [0.15, 0.2) is 23.2 Å². The van der Waals surface area contributed by atoms with Crippen LogP contribution < -0.4 is 4.90 Å². The number of anilines is 1. The molecule has 0 aliphatic heterocycles. The third-order valence-corrected chi connectivity index (χ3v) is 3.26. The fraction of sp³-hybridized carbons (Fsp3) is 0.400. The summed E-state index contributed by atoms with van der Waals surface area (Å²) in [5.74, 6) is -2.06. The molecular weight excluding hydrogens is 301 g/mol. The van der Waals surface area contributed by atoms with Crippen molar-refractivity contribution in [3.63, 3.8) is 0 Å². The van der Waals surface area contributed by atoms with Crippen molar-refractivity contribution in [1.29, 1.82) is 0 Å². The maximum absolute atomic E-state index is 12.5. The van der Waals surface area contributed by atoms with Gasteiger partial charge in [-0.1, -0.05) is 0 Å². The van der Waals surface area contributed by atoms with Gasteiger partial charge in [-0.3, -0.25) is 4.79 Å². The lowest BCUT2D eigenvalue weighted by Crippen LogP contribution is -2.39. The second kappa shape index (κ2) is 5.65. The smallest absolute Gasteiger partial charge is 0.405 e. The lowest BCUT2D eigenvalue weighted by atomic mass is 10.4. The zero-order chi connectivity index (χ0) is 15.6. The lowest BCUT2D eigenvalue weighted by molar-refractivity contribution is -0.136. The van der Waals surface area contributed by atoms with Crippen LogP contribution in [0.5, 0.6) is 0 Å². The average molecular weight is 312 g/mol. The summed E-state index contributed by atoms with van der Waals surface area (Å²) in [7, 11) is -3.83. The Morgan fingerprint density at radius 3 is 2.50 bits per heavy atom. The first-order valence-corrected chi connectivity index (χ1v) is 7.08. The highest BCUT2D eigenvalue weighted by molar-refractivity contribution is 7.90. The standard InChI is InChI=1S/C10H11F3N2O4S/c1-20(18,19)7-3-2-4-14-9(7)15(5-8(16)17)6-10(11,12)13/h2-4H,5-6H2,1H3,(H,16,17). The molecule has 6 nitrogen and oxygen atoms in total. The Morgan fingerprint density at radius 1 is 1.45 bits per heavy atom. The summed E-state index contributed by atoms with van der Waals surface area (Å²) >= 11 is 0. The normalized spacial score (nSPS) is 12.2. The van der Waals surface area contributed by atoms with Gasteiger partial charge in [0.25, 0.3) is 0 Å². The van der Waals surface area contributed by atoms with E-state index in [2.05, 4.69) is 4.98 Å². The van der Waals surface area contributed by atoms with Gasteiger partial charge >= 0.3 is 12.1 Å². The summed E-state index contributed by atoms with van der Waals surface area (Å²) in [5, 5.41) is 8.65. The number of pyridine rings is 1. The van der Waals surface area contributed by atoms with Crippen molar-refractivity contribution < 1.29 is 31.5 Å². The number of rotatable bonds is 5. The first-order valence-electron chi connectivity index (χ1n) is 5.19. The molecule has 1 heterocycles. The predicted molar refractivity (Wildman–Crippen MR) is 63.3 cm³/mol. The van der Waals surface area contributed by atoms with Gasteiger partial charge in [-0.25, -0.2) is 13.4 Å². The number of carboxylic acids is 1. The largest absolute Gasteiger partial charge is 0.480 e. The summed E-state index contributed by atoms with van der Waals surface area (Å²) < 4.78 is 60.4. The quantitative estimate of drug-likeness (QED) is 0.870. The molecule has 0 saturated heterocycles. The van der Waals surface area contributed by atoms with Gasteiger partial charge in [-0.05, 0) is 12.1 Å². The number of sulfone groups is 1. The molecular formula is C10H11F3N2O4S. The topological polar surface area (TPSA) is 87.6 Å². The van der Waals surface area contributed by atoms with E-state index in [4.69, 9.17) is 5.11 Å². The van der Waals surface area contributed by atoms with E-state index < -0.39 is 45.8 Å². The zero-order valence-corrected chi connectivity index (χ0v) is 11.1. The molecule has 0 aliphatic carbocycles. The third-order valence-electron chi connectivity index (χ3n) is 2.15. The van der Waals surface area contributed by atoms with Crippen LogP contribution >= 0.6 is 0 Å². The molecule has 1 rings (SSSR count). The van der Waals surface area contributed by atoms with Crippen molar-refractivity contribution in [2.24, 2.45) is 0 Å². The number of nitrogens with zero attached hydrogens (tertiary/aromatic N) is 2. The Balaban J connectivity index is 3.31. The van der Waals surface area contributed by atoms with Gasteiger partial charge in [-0.15, -0.1) is 0 Å². The minimum Gasteiger partial charge on any atom is -0.480 e. The van der Waals surface area contributed by atoms with E-state index in [1.807, 2.05) is 0 Å². The molecule has 0 saturated carbocycles. The van der Waals surface area contributed by atoms with Gasteiger partial charge < -0.3 is 10.0 Å². The summed E-state index contributed by atoms with van der Waals surface area (Å²) in [5.41, 5.74) is 0. The highest BCUT2D eigenvalue weighted by Crippen LogP contribution is 2.26. The van der Waals surface area contributed by atoms with E-state index in [1.165, 1.54) is 6.07 Å². The number of carboxylic acid groups (broad SMARTS) is 1. The number of hydrogen-bond donors (Lipinski definition) is 1. The van der Waals surface area contributed by atoms with Crippen LogP contribution in [0.4, 0.5) is 19.0 Å². The van der Waals surface area contributed by atoms with Crippen LogP contribution in [-0.4, -0.2) is 50.0 Å². The first kappa shape index (κ1) is 16.2. The van der Waals surface area contributed by atoms with Gasteiger partial charge in [0, 0.05) is 12.5 Å². The molecule has 1 N–H and O–H groups in total. The minimum absolute atomic E-state index is 0.360. The molecule has 1 aromatic rings. The number of alkyl halides is 3. The van der Waals surface area contributed by atoms with Gasteiger partial charge in [0.2, 0.25) is 0 Å². The molecule has 0 bridgehead atoms. The molecule has 0 fully saturated rings. The SMILES string of the molecule is CS(=O)(=O)c1cccnc1N(CC(=O)O)CC(F)(F)F. The van der Waals surface area contributed by atoms with Crippen molar-refractivity contribution in [2.75, 3.05) is 24.2 Å². The molecule has 0 unspecified atom stereocenters. The Bertz CT molecular complexity index is 601. The molecule has 0 atom stereocenters. The van der Waals surface area contributed by atoms with Gasteiger partial charge in [0.15, 0.2) is 9.84 Å². The third kappa shape index (κ3) is 4.68. The lowest BCUT2D eigenvalue weighted by Gasteiger charge is -2.24. The molecule has 0 spiro atoms. The van der Waals surface area contributed by atoms with Gasteiger partial charge in [-0.2, -0.15) is 13.2 Å². The average Bonchev–Trinajstić information content (AvgIpc) is 2.24. The van der Waals surface area contributed by atoms with Crippen LogP contribution in [0.1, 0.15) is 0 Å². The minimum atomic E-state index is -4.69. The van der Waals surface area contributed by atoms with Crippen LogP contribution in [-0.2, 0) is 14.6 Å². The van der Waals surface area contributed by atoms with Crippen molar-refractivity contribution in [2.45, 2.75) is 11.1 Å². The van der Waals surface area contributed by atoms with Crippen LogP contribution in [0.25, 0.3) is 0 Å². The van der Waals surface area contributed by atoms with E-state index in [9.17, 15) is 26.4 Å². The van der Waals surface area contributed by atoms with Gasteiger partial charge in [0.05, 0.1) is 0 Å². The highest BCUT2D eigenvalue weighted by atomic mass is 32.2. The van der Waals surface area contributed by atoms with Gasteiger partial charge in [0.1, 0.15) is 23.8 Å². The highest BCUT2D eigenvalue weighted by Gasteiger charge is 2.34. The number of hydrogen-bond acceptors (Lipinski definition) is 5. The zero-order valence-electron chi connectivity index (χ0n) is 10.3. The molecule has 112 valence electrons. The van der Waals surface area contributed by atoms with E-state index in [1.54, 1.807) is 0 Å². The molecule has 0 radical (unpaired) electrons. The molecule has 20 heavy (non-hydrogen) atoms. The number of carbonyl (C=O) groups is 1. The molecule has 10 heteroatoms. The maximum Gasteiger partial charge on any atom is 0.405 e. The summed E-state index contributed by atoms with van der Waals surface area (Å²) in [6.45, 7) is -2.63. The van der Waals surface area contributed by atoms with E-state index in [0.29, 0.717) is 4.90 Å². The maximum atomic E-state index is 12.5. The number of aromatic nitrogens is 1. The Kier molecular flexibility index (Phi) is 4.58. The number of halogens is 3. The fourth-order valence-corrected chi connectivity index (χ4v) is 2.33. The fourth-order valence-electron chi connectivity index (χ4n) is 1.49. The Hall–Kier alpha value is -1.84. The van der Waals surface area contributed by atoms with Crippen LogP contribution in [0.2, 0.25) is 0 Å². The monoisotopic (exact) mass is 312 g/mol. The Labute approximate surface area is 112 Å². The first-order chi connectivity index (χ1) is 9.00. The summed E-state index contributed by atoms with van der Waals surface area (Å²) in [4.78, 5) is 14.1. The Morgan fingerprint density at radius 2 is 2.05 bits per heavy atom. The van der Waals surface area contributed by atoms with Crippen molar-refractivity contribution >= 4 is 21.6 Å². The van der Waals surface area contributed by atoms with Crippen molar-refractivity contribution in [1.82, 2.24) is 4.98 Å². The molecule has 1 aromatic heterocycles. The van der Waals surface area contributed by atoms with Crippen molar-refractivity contribution in [3.8, 4) is 0 Å². The number of aliphatic carboxylic acids is 1. The molecule has 0 amide bonds. The summed E-state index contributed by atoms with van der Waals surface area (Å²) in [6, 6.07) is 2.31. The summed E-state index contributed by atoms with van der Waals surface area (Å²) in [6.07, 6.45) is -2.79. The van der Waals surface area contributed by atoms with Crippen molar-refractivity contribution in [3.05, 3.63) is 18.3 Å². The van der Waals surface area contributed by atoms with Crippen LogP contribution in [0, 0.1) is 0 Å².